The molecule has 0 spiro atoms. The van der Waals surface area contributed by atoms with E-state index in [0.717, 1.165) is 12.0 Å². The highest BCUT2D eigenvalue weighted by atomic mass is 19.1. The van der Waals surface area contributed by atoms with Crippen LogP contribution in [-0.4, -0.2) is 18.8 Å². The number of fused-ring (bicyclic) bond motifs is 1. The number of benzene rings is 1. The van der Waals surface area contributed by atoms with Gasteiger partial charge in [0, 0.05) is 31.6 Å². The molecule has 0 radical (unpaired) electrons. The Morgan fingerprint density at radius 1 is 1.50 bits per heavy atom. The molecule has 1 unspecified atom stereocenters. The number of nitrogens with two attached hydrogens (primary N) is 1. The van der Waals surface area contributed by atoms with Gasteiger partial charge in [0.25, 0.3) is 0 Å². The number of rotatable bonds is 3. The van der Waals surface area contributed by atoms with Crippen molar-refractivity contribution < 1.29 is 13.9 Å². The van der Waals surface area contributed by atoms with Crippen molar-refractivity contribution in [2.45, 2.75) is 44.4 Å². The maximum Gasteiger partial charge on any atom is 0.124 e. The van der Waals surface area contributed by atoms with E-state index in [1.165, 1.54) is 12.1 Å². The summed E-state index contributed by atoms with van der Waals surface area (Å²) in [5, 5.41) is 0. The lowest BCUT2D eigenvalue weighted by Crippen LogP contribution is -2.36. The summed E-state index contributed by atoms with van der Waals surface area (Å²) in [6.07, 6.45) is 1.45. The molecule has 1 aromatic rings. The third-order valence-corrected chi connectivity index (χ3v) is 3.45. The maximum atomic E-state index is 13.2. The topological polar surface area (TPSA) is 44.5 Å². The molecule has 0 saturated carbocycles. The summed E-state index contributed by atoms with van der Waals surface area (Å²) in [5.74, 6) is 0.413. The van der Waals surface area contributed by atoms with Crippen LogP contribution in [0.15, 0.2) is 18.2 Å². The molecule has 1 heterocycles. The lowest BCUT2D eigenvalue weighted by molar-refractivity contribution is -0.0194. The molecule has 0 bridgehead atoms. The Kier molecular flexibility index (Phi) is 3.59. The maximum absolute atomic E-state index is 13.2. The Hall–Kier alpha value is -1.13. The second-order valence-electron chi connectivity index (χ2n) is 5.43. The third-order valence-electron chi connectivity index (χ3n) is 3.45. The predicted molar refractivity (Wildman–Crippen MR) is 68.1 cm³/mol. The highest BCUT2D eigenvalue weighted by Gasteiger charge is 2.31. The largest absolute Gasteiger partial charge is 0.490 e. The Morgan fingerprint density at radius 2 is 2.22 bits per heavy atom. The van der Waals surface area contributed by atoms with Crippen molar-refractivity contribution in [2.24, 2.45) is 5.73 Å². The van der Waals surface area contributed by atoms with Gasteiger partial charge in [-0.1, -0.05) is 0 Å². The van der Waals surface area contributed by atoms with Gasteiger partial charge < -0.3 is 15.2 Å². The molecule has 2 N–H and O–H groups in total. The first-order valence-corrected chi connectivity index (χ1v) is 6.18. The molecule has 3 nitrogen and oxygen atoms in total. The number of hydrogen-bond acceptors (Lipinski definition) is 3. The van der Waals surface area contributed by atoms with Gasteiger partial charge in [-0.2, -0.15) is 0 Å². The highest BCUT2D eigenvalue weighted by Crippen LogP contribution is 2.36. The minimum atomic E-state index is -0.275. The Balaban J connectivity index is 2.16. The molecule has 0 aliphatic carbocycles. The van der Waals surface area contributed by atoms with Gasteiger partial charge in [0.2, 0.25) is 0 Å². The summed E-state index contributed by atoms with van der Waals surface area (Å²) in [7, 11) is 1.69. The summed E-state index contributed by atoms with van der Waals surface area (Å²) in [6, 6.07) is 4.32. The van der Waals surface area contributed by atoms with E-state index in [-0.39, 0.29) is 23.6 Å². The zero-order valence-corrected chi connectivity index (χ0v) is 11.1. The number of methoxy groups -OCH3 is 1. The smallest absolute Gasteiger partial charge is 0.124 e. The SMILES string of the molecule is COC(C)(C)CC1C[C@@H](N)c2cc(F)ccc2O1. The van der Waals surface area contributed by atoms with Gasteiger partial charge >= 0.3 is 0 Å². The van der Waals surface area contributed by atoms with Gasteiger partial charge in [-0.3, -0.25) is 0 Å². The molecule has 0 amide bonds. The van der Waals surface area contributed by atoms with Gasteiger partial charge in [0.05, 0.1) is 5.60 Å². The van der Waals surface area contributed by atoms with Crippen LogP contribution < -0.4 is 10.5 Å². The summed E-state index contributed by atoms with van der Waals surface area (Å²) >= 11 is 0. The first-order chi connectivity index (χ1) is 8.41. The van der Waals surface area contributed by atoms with Crippen LogP contribution in [0.25, 0.3) is 0 Å². The van der Waals surface area contributed by atoms with Gasteiger partial charge in [0.1, 0.15) is 17.7 Å². The monoisotopic (exact) mass is 253 g/mol. The first-order valence-electron chi connectivity index (χ1n) is 6.18. The molecular weight excluding hydrogens is 233 g/mol. The number of halogens is 1. The normalized spacial score (nSPS) is 23.4. The van der Waals surface area contributed by atoms with E-state index in [0.29, 0.717) is 12.2 Å². The zero-order chi connectivity index (χ0) is 13.3. The number of ether oxygens (including phenoxy) is 2. The van der Waals surface area contributed by atoms with Gasteiger partial charge in [0.15, 0.2) is 0 Å². The fourth-order valence-electron chi connectivity index (χ4n) is 2.31. The van der Waals surface area contributed by atoms with Crippen molar-refractivity contribution in [1.82, 2.24) is 0 Å². The molecule has 0 aromatic heterocycles. The molecular formula is C14H20FNO2. The molecule has 1 aromatic carbocycles. The van der Waals surface area contributed by atoms with E-state index in [1.807, 2.05) is 13.8 Å². The van der Waals surface area contributed by atoms with Crippen molar-refractivity contribution in [3.8, 4) is 5.75 Å². The van der Waals surface area contributed by atoms with Crippen LogP contribution in [0, 0.1) is 5.82 Å². The van der Waals surface area contributed by atoms with Crippen molar-refractivity contribution in [3.63, 3.8) is 0 Å². The van der Waals surface area contributed by atoms with Crippen molar-refractivity contribution in [3.05, 3.63) is 29.6 Å². The zero-order valence-electron chi connectivity index (χ0n) is 11.1. The minimum absolute atomic E-state index is 0.00733. The van der Waals surface area contributed by atoms with E-state index in [4.69, 9.17) is 15.2 Å². The molecule has 18 heavy (non-hydrogen) atoms. The van der Waals surface area contributed by atoms with Crippen molar-refractivity contribution in [1.29, 1.82) is 0 Å². The summed E-state index contributed by atoms with van der Waals surface area (Å²) in [4.78, 5) is 0. The van der Waals surface area contributed by atoms with Crippen LogP contribution in [0.4, 0.5) is 4.39 Å². The second kappa shape index (κ2) is 4.86. The lowest BCUT2D eigenvalue weighted by atomic mass is 9.91. The fraction of sp³-hybridized carbons (Fsp3) is 0.571. The molecule has 0 saturated heterocycles. The first kappa shape index (κ1) is 13.3. The van der Waals surface area contributed by atoms with E-state index < -0.39 is 0 Å². The fourth-order valence-corrected chi connectivity index (χ4v) is 2.31. The van der Waals surface area contributed by atoms with Gasteiger partial charge in [-0.25, -0.2) is 4.39 Å². The van der Waals surface area contributed by atoms with E-state index >= 15 is 0 Å². The predicted octanol–water partition coefficient (Wildman–Crippen LogP) is 2.79. The molecule has 0 fully saturated rings. The van der Waals surface area contributed by atoms with E-state index in [1.54, 1.807) is 13.2 Å². The van der Waals surface area contributed by atoms with Crippen LogP contribution in [0.5, 0.6) is 5.75 Å². The molecule has 4 heteroatoms. The summed E-state index contributed by atoms with van der Waals surface area (Å²) < 4.78 is 24.4. The van der Waals surface area contributed by atoms with Crippen LogP contribution in [-0.2, 0) is 4.74 Å². The van der Waals surface area contributed by atoms with E-state index in [9.17, 15) is 4.39 Å². The van der Waals surface area contributed by atoms with Crippen LogP contribution in [0.2, 0.25) is 0 Å². The average molecular weight is 253 g/mol. The summed E-state index contributed by atoms with van der Waals surface area (Å²) in [5.41, 5.74) is 6.58. The molecule has 1 aliphatic heterocycles. The minimum Gasteiger partial charge on any atom is -0.490 e. The molecule has 1 aliphatic rings. The second-order valence-corrected chi connectivity index (χ2v) is 5.43. The standard InChI is InChI=1S/C14H20FNO2/c1-14(2,17-3)8-10-7-12(16)11-6-9(15)4-5-13(11)18-10/h4-6,10,12H,7-8,16H2,1-3H3/t10?,12-/m1/s1. The van der Waals surface area contributed by atoms with Crippen molar-refractivity contribution >= 4 is 0 Å². The van der Waals surface area contributed by atoms with Crippen LogP contribution in [0.1, 0.15) is 38.3 Å². The molecule has 2 rings (SSSR count). The summed E-state index contributed by atoms with van der Waals surface area (Å²) in [6.45, 7) is 4.03. The average Bonchev–Trinajstić information content (AvgIpc) is 2.30. The Labute approximate surface area is 107 Å². The molecule has 100 valence electrons. The van der Waals surface area contributed by atoms with E-state index in [2.05, 4.69) is 0 Å². The third kappa shape index (κ3) is 2.82. The van der Waals surface area contributed by atoms with Gasteiger partial charge in [-0.05, 0) is 32.0 Å². The van der Waals surface area contributed by atoms with Crippen LogP contribution >= 0.6 is 0 Å². The Bertz CT molecular complexity index is 434. The molecule has 2 atom stereocenters. The Morgan fingerprint density at radius 3 is 2.89 bits per heavy atom. The lowest BCUT2D eigenvalue weighted by Gasteiger charge is -2.34. The quantitative estimate of drug-likeness (QED) is 0.900. The van der Waals surface area contributed by atoms with Gasteiger partial charge in [-0.15, -0.1) is 0 Å². The number of hydrogen-bond donors (Lipinski definition) is 1. The highest BCUT2D eigenvalue weighted by molar-refractivity contribution is 5.38. The van der Waals surface area contributed by atoms with Crippen molar-refractivity contribution in [2.75, 3.05) is 7.11 Å². The van der Waals surface area contributed by atoms with Crippen LogP contribution in [0.3, 0.4) is 0 Å².